The van der Waals surface area contributed by atoms with Crippen LogP contribution in [0, 0.1) is 0 Å². The van der Waals surface area contributed by atoms with Crippen molar-refractivity contribution in [3.05, 3.63) is 0 Å². The number of ether oxygens (including phenoxy) is 3. The fraction of sp³-hybridized carbons (Fsp3) is 1.00. The SMILES string of the molecule is OC1[C@@H]2OCCC3OCC[C@H]1OC32. The molecule has 4 nitrogen and oxygen atoms in total. The summed E-state index contributed by atoms with van der Waals surface area (Å²) in [7, 11) is 0. The molecule has 3 aliphatic heterocycles. The Morgan fingerprint density at radius 2 is 1.69 bits per heavy atom. The number of hydrogen-bond donors (Lipinski definition) is 1. The molecule has 74 valence electrons. The van der Waals surface area contributed by atoms with Crippen LogP contribution in [0.1, 0.15) is 12.8 Å². The zero-order chi connectivity index (χ0) is 8.84. The van der Waals surface area contributed by atoms with E-state index in [1.165, 1.54) is 0 Å². The summed E-state index contributed by atoms with van der Waals surface area (Å²) in [6.45, 7) is 1.38. The molecule has 0 aliphatic carbocycles. The van der Waals surface area contributed by atoms with E-state index in [-0.39, 0.29) is 24.4 Å². The molecule has 0 amide bonds. The smallest absolute Gasteiger partial charge is 0.115 e. The van der Waals surface area contributed by atoms with Crippen molar-refractivity contribution in [2.45, 2.75) is 43.4 Å². The fourth-order valence-electron chi connectivity index (χ4n) is 2.50. The summed E-state index contributed by atoms with van der Waals surface area (Å²) in [5.41, 5.74) is 0. The van der Waals surface area contributed by atoms with Crippen LogP contribution in [0.3, 0.4) is 0 Å². The molecule has 3 unspecified atom stereocenters. The number of rotatable bonds is 0. The molecular formula is C9H14O4. The zero-order valence-corrected chi connectivity index (χ0v) is 7.39. The van der Waals surface area contributed by atoms with Crippen molar-refractivity contribution in [2.24, 2.45) is 0 Å². The van der Waals surface area contributed by atoms with Gasteiger partial charge in [0, 0.05) is 13.2 Å². The van der Waals surface area contributed by atoms with Crippen molar-refractivity contribution in [1.29, 1.82) is 0 Å². The van der Waals surface area contributed by atoms with Crippen LogP contribution in [0.2, 0.25) is 0 Å². The van der Waals surface area contributed by atoms with Crippen LogP contribution in [0.15, 0.2) is 0 Å². The average molecular weight is 186 g/mol. The van der Waals surface area contributed by atoms with E-state index in [1.807, 2.05) is 0 Å². The molecule has 13 heavy (non-hydrogen) atoms. The van der Waals surface area contributed by atoms with E-state index in [0.717, 1.165) is 12.8 Å². The molecular weight excluding hydrogens is 172 g/mol. The Kier molecular flexibility index (Phi) is 1.83. The molecule has 2 bridgehead atoms. The van der Waals surface area contributed by atoms with E-state index < -0.39 is 6.10 Å². The second kappa shape index (κ2) is 2.92. The van der Waals surface area contributed by atoms with E-state index in [0.29, 0.717) is 13.2 Å². The molecule has 5 atom stereocenters. The zero-order valence-electron chi connectivity index (χ0n) is 7.39. The minimum absolute atomic E-state index is 0.0313. The van der Waals surface area contributed by atoms with Crippen LogP contribution in [0.4, 0.5) is 0 Å². The first kappa shape index (κ1) is 8.17. The minimum atomic E-state index is -0.448. The fourth-order valence-corrected chi connectivity index (χ4v) is 2.50. The topological polar surface area (TPSA) is 47.9 Å². The van der Waals surface area contributed by atoms with Gasteiger partial charge in [0.05, 0.1) is 12.2 Å². The summed E-state index contributed by atoms with van der Waals surface area (Å²) in [6, 6.07) is 0. The second-order valence-electron chi connectivity index (χ2n) is 3.95. The average Bonchev–Trinajstić information content (AvgIpc) is 2.38. The molecule has 0 aromatic carbocycles. The summed E-state index contributed by atoms with van der Waals surface area (Å²) >= 11 is 0. The number of fused-ring (bicyclic) bond motifs is 1. The maximum atomic E-state index is 9.83. The van der Waals surface area contributed by atoms with E-state index in [1.54, 1.807) is 0 Å². The van der Waals surface area contributed by atoms with Gasteiger partial charge in [-0.3, -0.25) is 0 Å². The van der Waals surface area contributed by atoms with Gasteiger partial charge in [0.25, 0.3) is 0 Å². The molecule has 3 rings (SSSR count). The van der Waals surface area contributed by atoms with Crippen LogP contribution in [0.5, 0.6) is 0 Å². The van der Waals surface area contributed by atoms with E-state index in [4.69, 9.17) is 14.2 Å². The largest absolute Gasteiger partial charge is 0.388 e. The highest BCUT2D eigenvalue weighted by molar-refractivity contribution is 4.99. The molecule has 0 aromatic rings. The third-order valence-corrected chi connectivity index (χ3v) is 3.19. The Labute approximate surface area is 76.8 Å². The minimum Gasteiger partial charge on any atom is -0.388 e. The molecule has 0 radical (unpaired) electrons. The predicted molar refractivity (Wildman–Crippen MR) is 43.4 cm³/mol. The highest BCUT2D eigenvalue weighted by atomic mass is 16.6. The Morgan fingerprint density at radius 1 is 0.923 bits per heavy atom. The van der Waals surface area contributed by atoms with Gasteiger partial charge in [0.1, 0.15) is 18.3 Å². The van der Waals surface area contributed by atoms with Crippen molar-refractivity contribution in [3.8, 4) is 0 Å². The van der Waals surface area contributed by atoms with E-state index >= 15 is 0 Å². The van der Waals surface area contributed by atoms with Crippen molar-refractivity contribution in [3.63, 3.8) is 0 Å². The van der Waals surface area contributed by atoms with Crippen LogP contribution in [-0.2, 0) is 14.2 Å². The Bertz CT molecular complexity index is 208. The molecule has 3 fully saturated rings. The first-order valence-corrected chi connectivity index (χ1v) is 4.93. The molecule has 3 heterocycles. The lowest BCUT2D eigenvalue weighted by Crippen LogP contribution is -2.48. The Balaban J connectivity index is 1.89. The summed E-state index contributed by atoms with van der Waals surface area (Å²) < 4.78 is 16.8. The van der Waals surface area contributed by atoms with Crippen molar-refractivity contribution < 1.29 is 19.3 Å². The predicted octanol–water partition coefficient (Wildman–Crippen LogP) is -0.308. The molecule has 3 aliphatic rings. The molecule has 0 saturated carbocycles. The van der Waals surface area contributed by atoms with E-state index in [9.17, 15) is 5.11 Å². The lowest BCUT2D eigenvalue weighted by molar-refractivity contribution is -0.139. The van der Waals surface area contributed by atoms with Gasteiger partial charge in [-0.15, -0.1) is 0 Å². The molecule has 0 aromatic heterocycles. The van der Waals surface area contributed by atoms with Gasteiger partial charge in [0.2, 0.25) is 0 Å². The third-order valence-electron chi connectivity index (χ3n) is 3.19. The van der Waals surface area contributed by atoms with Crippen LogP contribution >= 0.6 is 0 Å². The summed E-state index contributed by atoms with van der Waals surface area (Å²) in [5, 5.41) is 9.83. The first-order valence-electron chi connectivity index (χ1n) is 4.93. The summed E-state index contributed by atoms with van der Waals surface area (Å²) in [6.07, 6.45) is 1.12. The number of aliphatic hydroxyl groups is 1. The maximum absolute atomic E-state index is 9.83. The monoisotopic (exact) mass is 186 g/mol. The van der Waals surface area contributed by atoms with Crippen LogP contribution in [0.25, 0.3) is 0 Å². The van der Waals surface area contributed by atoms with Crippen molar-refractivity contribution in [1.82, 2.24) is 0 Å². The van der Waals surface area contributed by atoms with Gasteiger partial charge in [-0.05, 0) is 12.8 Å². The standard InChI is InChI=1S/C9H14O4/c10-7-5-1-3-11-6-2-4-12-9(7)8(6)13-5/h5-10H,1-4H2/t5-,6?,7?,8?,9+/m1/s1. The Hall–Kier alpha value is -0.160. The molecule has 0 spiro atoms. The Morgan fingerprint density at radius 3 is 2.62 bits per heavy atom. The van der Waals surface area contributed by atoms with Gasteiger partial charge in [0.15, 0.2) is 0 Å². The summed E-state index contributed by atoms with van der Waals surface area (Å²) in [4.78, 5) is 0. The molecule has 1 N–H and O–H groups in total. The first-order chi connectivity index (χ1) is 6.36. The van der Waals surface area contributed by atoms with Crippen molar-refractivity contribution in [2.75, 3.05) is 13.2 Å². The van der Waals surface area contributed by atoms with Gasteiger partial charge in [-0.1, -0.05) is 0 Å². The van der Waals surface area contributed by atoms with E-state index in [2.05, 4.69) is 0 Å². The van der Waals surface area contributed by atoms with Gasteiger partial charge < -0.3 is 19.3 Å². The lowest BCUT2D eigenvalue weighted by Gasteiger charge is -2.33. The van der Waals surface area contributed by atoms with Gasteiger partial charge in [-0.2, -0.15) is 0 Å². The quantitative estimate of drug-likeness (QED) is 0.564. The highest BCUT2D eigenvalue weighted by Gasteiger charge is 2.51. The van der Waals surface area contributed by atoms with Gasteiger partial charge in [-0.25, -0.2) is 0 Å². The maximum Gasteiger partial charge on any atom is 0.115 e. The molecule has 3 saturated heterocycles. The number of aliphatic hydroxyl groups excluding tert-OH is 1. The normalized spacial score (nSPS) is 54.7. The third kappa shape index (κ3) is 1.13. The molecule has 4 heteroatoms. The van der Waals surface area contributed by atoms with Crippen LogP contribution < -0.4 is 0 Å². The lowest BCUT2D eigenvalue weighted by atomic mass is 9.97. The van der Waals surface area contributed by atoms with Crippen LogP contribution in [-0.4, -0.2) is 48.8 Å². The highest BCUT2D eigenvalue weighted by Crippen LogP contribution is 2.35. The van der Waals surface area contributed by atoms with Gasteiger partial charge >= 0.3 is 0 Å². The number of hydrogen-bond acceptors (Lipinski definition) is 4. The second-order valence-corrected chi connectivity index (χ2v) is 3.95. The van der Waals surface area contributed by atoms with Crippen molar-refractivity contribution >= 4 is 0 Å². The summed E-state index contributed by atoms with van der Waals surface area (Å²) in [5.74, 6) is 0.